The van der Waals surface area contributed by atoms with Crippen molar-refractivity contribution in [3.05, 3.63) is 56.9 Å². The molecular weight excluding hydrogens is 399 g/mol. The fourth-order valence-electron chi connectivity index (χ4n) is 3.22. The van der Waals surface area contributed by atoms with Gasteiger partial charge in [0.05, 0.1) is 16.7 Å². The van der Waals surface area contributed by atoms with E-state index < -0.39 is 0 Å². The minimum Gasteiger partial charge on any atom is -0.382 e. The standard InChI is InChI=1S/C14H14ClNO.C5H4ClN5/c1-2-10-8-9-4-3-5-12(15)13(9)14(17)16(10)11-6-7-11;6-5-10-3(7)2-4(11-5)9-1-8-2/h3-5,8,11H,2,6-7H2,1H3;1H,(H3,7,8,9,10,11). The first kappa shape index (κ1) is 18.7. The zero-order valence-corrected chi connectivity index (χ0v) is 16.6. The van der Waals surface area contributed by atoms with Crippen LogP contribution in [0.25, 0.3) is 21.9 Å². The lowest BCUT2D eigenvalue weighted by atomic mass is 10.1. The second-order valence-electron chi connectivity index (χ2n) is 6.58. The Hall–Kier alpha value is -2.64. The Morgan fingerprint density at radius 2 is 2.07 bits per heavy atom. The maximum atomic E-state index is 12.5. The Morgan fingerprint density at radius 3 is 2.79 bits per heavy atom. The summed E-state index contributed by atoms with van der Waals surface area (Å²) in [4.78, 5) is 26.7. The number of imidazole rings is 1. The van der Waals surface area contributed by atoms with Crippen molar-refractivity contribution in [2.45, 2.75) is 32.2 Å². The summed E-state index contributed by atoms with van der Waals surface area (Å²) in [5.74, 6) is 0.317. The lowest BCUT2D eigenvalue weighted by Gasteiger charge is -2.12. The highest BCUT2D eigenvalue weighted by molar-refractivity contribution is 6.35. The number of benzene rings is 1. The molecule has 0 radical (unpaired) electrons. The van der Waals surface area contributed by atoms with E-state index in [4.69, 9.17) is 28.9 Å². The summed E-state index contributed by atoms with van der Waals surface area (Å²) in [5.41, 5.74) is 7.80. The number of pyridine rings is 1. The first-order valence-corrected chi connectivity index (χ1v) is 9.70. The molecule has 0 atom stereocenters. The Bertz CT molecular complexity index is 1230. The van der Waals surface area contributed by atoms with Crippen molar-refractivity contribution in [1.82, 2.24) is 24.5 Å². The fourth-order valence-corrected chi connectivity index (χ4v) is 3.65. The van der Waals surface area contributed by atoms with Crippen molar-refractivity contribution in [3.63, 3.8) is 0 Å². The van der Waals surface area contributed by atoms with E-state index >= 15 is 0 Å². The number of aromatic nitrogens is 5. The van der Waals surface area contributed by atoms with E-state index in [1.54, 1.807) is 6.07 Å². The lowest BCUT2D eigenvalue weighted by Crippen LogP contribution is -2.22. The molecule has 0 aliphatic heterocycles. The molecule has 0 unspecified atom stereocenters. The van der Waals surface area contributed by atoms with E-state index in [0.717, 1.165) is 30.3 Å². The predicted molar refractivity (Wildman–Crippen MR) is 112 cm³/mol. The number of H-pyrrole nitrogens is 1. The van der Waals surface area contributed by atoms with Gasteiger partial charge in [-0.3, -0.25) is 4.79 Å². The van der Waals surface area contributed by atoms with E-state index in [2.05, 4.69) is 32.9 Å². The molecule has 0 spiro atoms. The minimum atomic E-state index is 0.0763. The second kappa shape index (κ2) is 7.41. The molecule has 144 valence electrons. The molecule has 1 aliphatic carbocycles. The minimum absolute atomic E-state index is 0.0763. The van der Waals surface area contributed by atoms with Gasteiger partial charge in [0.15, 0.2) is 11.5 Å². The van der Waals surface area contributed by atoms with Crippen molar-refractivity contribution in [1.29, 1.82) is 0 Å². The summed E-state index contributed by atoms with van der Waals surface area (Å²) < 4.78 is 1.94. The zero-order valence-electron chi connectivity index (χ0n) is 15.1. The maximum Gasteiger partial charge on any atom is 0.260 e. The van der Waals surface area contributed by atoms with Crippen molar-refractivity contribution in [2.75, 3.05) is 5.73 Å². The van der Waals surface area contributed by atoms with Crippen LogP contribution in [-0.4, -0.2) is 24.5 Å². The number of aromatic amines is 1. The number of anilines is 1. The monoisotopic (exact) mass is 416 g/mol. The van der Waals surface area contributed by atoms with Crippen molar-refractivity contribution < 1.29 is 0 Å². The van der Waals surface area contributed by atoms with Crippen molar-refractivity contribution in [2.24, 2.45) is 0 Å². The molecule has 0 amide bonds. The molecule has 28 heavy (non-hydrogen) atoms. The molecule has 3 aromatic heterocycles. The number of rotatable bonds is 2. The molecule has 3 heterocycles. The summed E-state index contributed by atoms with van der Waals surface area (Å²) in [6, 6.07) is 8.14. The summed E-state index contributed by atoms with van der Waals surface area (Å²) in [5, 5.41) is 2.29. The third-order valence-electron chi connectivity index (χ3n) is 4.67. The van der Waals surface area contributed by atoms with Gasteiger partial charge in [0, 0.05) is 11.7 Å². The fraction of sp³-hybridized carbons (Fsp3) is 0.263. The predicted octanol–water partition coefficient (Wildman–Crippen LogP) is 4.14. The third-order valence-corrected chi connectivity index (χ3v) is 5.15. The summed E-state index contributed by atoms with van der Waals surface area (Å²) in [7, 11) is 0. The van der Waals surface area contributed by atoms with Gasteiger partial charge in [-0.25, -0.2) is 4.98 Å². The average Bonchev–Trinajstić information content (AvgIpc) is 3.38. The number of fused-ring (bicyclic) bond motifs is 2. The Morgan fingerprint density at radius 1 is 1.29 bits per heavy atom. The highest BCUT2D eigenvalue weighted by atomic mass is 35.5. The molecule has 9 heteroatoms. The van der Waals surface area contributed by atoms with Gasteiger partial charge in [-0.2, -0.15) is 9.97 Å². The SMILES string of the molecule is CCc1cc2cccc(Cl)c2c(=O)n1C1CC1.Nc1nc(Cl)nc2nc[nH]c12. The number of nitrogens with one attached hydrogen (secondary N) is 1. The molecule has 1 aliphatic rings. The van der Waals surface area contributed by atoms with Gasteiger partial charge in [-0.1, -0.05) is 30.7 Å². The molecule has 3 N–H and O–H groups in total. The molecular formula is C19H18Cl2N6O. The van der Waals surface area contributed by atoms with Crippen LogP contribution in [0.5, 0.6) is 0 Å². The molecule has 7 nitrogen and oxygen atoms in total. The van der Waals surface area contributed by atoms with Crippen molar-refractivity contribution >= 4 is 51.0 Å². The average molecular weight is 417 g/mol. The van der Waals surface area contributed by atoms with Crippen LogP contribution < -0.4 is 11.3 Å². The number of halogens is 2. The third kappa shape index (κ3) is 3.43. The van der Waals surface area contributed by atoms with E-state index in [0.29, 0.717) is 33.4 Å². The van der Waals surface area contributed by atoms with Crippen LogP contribution in [0.4, 0.5) is 5.82 Å². The second-order valence-corrected chi connectivity index (χ2v) is 7.32. The van der Waals surface area contributed by atoms with Gasteiger partial charge in [0.1, 0.15) is 5.52 Å². The van der Waals surface area contributed by atoms with E-state index in [9.17, 15) is 4.79 Å². The van der Waals surface area contributed by atoms with Crippen LogP contribution in [0.3, 0.4) is 0 Å². The van der Waals surface area contributed by atoms with Gasteiger partial charge < -0.3 is 15.3 Å². The van der Waals surface area contributed by atoms with Gasteiger partial charge >= 0.3 is 0 Å². The largest absolute Gasteiger partial charge is 0.382 e. The number of hydrogen-bond acceptors (Lipinski definition) is 5. The first-order valence-electron chi connectivity index (χ1n) is 8.94. The topological polar surface area (TPSA) is 102 Å². The van der Waals surface area contributed by atoms with Crippen LogP contribution in [0.2, 0.25) is 10.3 Å². The quantitative estimate of drug-likeness (QED) is 0.477. The lowest BCUT2D eigenvalue weighted by molar-refractivity contribution is 0.670. The molecule has 1 aromatic carbocycles. The van der Waals surface area contributed by atoms with E-state index in [1.807, 2.05) is 16.7 Å². The van der Waals surface area contributed by atoms with Gasteiger partial charge in [-0.15, -0.1) is 0 Å². The van der Waals surface area contributed by atoms with Crippen LogP contribution in [0.15, 0.2) is 35.4 Å². The molecule has 0 bridgehead atoms. The summed E-state index contributed by atoms with van der Waals surface area (Å²) >= 11 is 11.7. The van der Waals surface area contributed by atoms with E-state index in [1.165, 1.54) is 6.33 Å². The Labute approximate surface area is 170 Å². The summed E-state index contributed by atoms with van der Waals surface area (Å²) in [6.07, 6.45) is 4.60. The molecule has 5 rings (SSSR count). The zero-order chi connectivity index (χ0) is 19.8. The number of hydrogen-bond donors (Lipinski definition) is 2. The Balaban J connectivity index is 0.000000151. The smallest absolute Gasteiger partial charge is 0.260 e. The number of aryl methyl sites for hydroxylation is 1. The number of nitrogens with zero attached hydrogens (tertiary/aromatic N) is 4. The Kier molecular flexibility index (Phi) is 4.95. The normalized spacial score (nSPS) is 13.5. The highest BCUT2D eigenvalue weighted by Gasteiger charge is 2.27. The summed E-state index contributed by atoms with van der Waals surface area (Å²) in [6.45, 7) is 2.09. The van der Waals surface area contributed by atoms with Gasteiger partial charge in [-0.05, 0) is 48.4 Å². The van der Waals surface area contributed by atoms with Gasteiger partial charge in [0.25, 0.3) is 5.56 Å². The molecule has 0 saturated heterocycles. The number of nitrogens with two attached hydrogens (primary N) is 1. The van der Waals surface area contributed by atoms with Crippen LogP contribution in [-0.2, 0) is 6.42 Å². The van der Waals surface area contributed by atoms with Crippen LogP contribution >= 0.6 is 23.2 Å². The maximum absolute atomic E-state index is 12.5. The van der Waals surface area contributed by atoms with Crippen molar-refractivity contribution in [3.8, 4) is 0 Å². The van der Waals surface area contributed by atoms with Crippen LogP contribution in [0.1, 0.15) is 31.5 Å². The molecule has 1 fully saturated rings. The van der Waals surface area contributed by atoms with Gasteiger partial charge in [0.2, 0.25) is 5.28 Å². The highest BCUT2D eigenvalue weighted by Crippen LogP contribution is 2.35. The van der Waals surface area contributed by atoms with E-state index in [-0.39, 0.29) is 10.8 Å². The number of nitrogen functional groups attached to an aromatic ring is 1. The molecule has 1 saturated carbocycles. The molecule has 4 aromatic rings. The first-order chi connectivity index (χ1) is 13.5. The van der Waals surface area contributed by atoms with Crippen LogP contribution in [0, 0.1) is 0 Å².